The Morgan fingerprint density at radius 3 is 2.31 bits per heavy atom. The molecule has 4 nitrogen and oxygen atoms in total. The SMILES string of the molecule is CCCCCCCCCCc1cc(Br)cc(NC(=O)c2cccc(O)c2O)c1Br. The van der Waals surface area contributed by atoms with Crippen LogP contribution >= 0.6 is 31.9 Å². The second-order valence-electron chi connectivity index (χ2n) is 7.28. The Balaban J connectivity index is 1.96. The molecule has 0 aliphatic rings. The summed E-state index contributed by atoms with van der Waals surface area (Å²) in [5.74, 6) is -1.22. The maximum Gasteiger partial charge on any atom is 0.259 e. The lowest BCUT2D eigenvalue weighted by Gasteiger charge is -2.13. The third-order valence-electron chi connectivity index (χ3n) is 4.92. The van der Waals surface area contributed by atoms with Gasteiger partial charge in [0.15, 0.2) is 11.5 Å². The lowest BCUT2D eigenvalue weighted by molar-refractivity contribution is 0.102. The highest BCUT2D eigenvalue weighted by Crippen LogP contribution is 2.34. The number of aryl methyl sites for hydroxylation is 1. The van der Waals surface area contributed by atoms with Gasteiger partial charge in [-0.2, -0.15) is 0 Å². The molecule has 1 amide bonds. The largest absolute Gasteiger partial charge is 0.504 e. The second-order valence-corrected chi connectivity index (χ2v) is 8.99. The molecule has 2 aromatic carbocycles. The number of anilines is 1. The number of hydrogen-bond acceptors (Lipinski definition) is 3. The van der Waals surface area contributed by atoms with Gasteiger partial charge in [0.1, 0.15) is 0 Å². The first-order valence-corrected chi connectivity index (χ1v) is 11.8. The molecular weight excluding hydrogens is 498 g/mol. The molecule has 0 heterocycles. The zero-order valence-electron chi connectivity index (χ0n) is 16.8. The summed E-state index contributed by atoms with van der Waals surface area (Å²) in [4.78, 5) is 12.6. The van der Waals surface area contributed by atoms with Crippen LogP contribution < -0.4 is 5.32 Å². The van der Waals surface area contributed by atoms with Crippen molar-refractivity contribution in [3.63, 3.8) is 0 Å². The maximum atomic E-state index is 12.6. The van der Waals surface area contributed by atoms with Crippen molar-refractivity contribution in [1.82, 2.24) is 0 Å². The fourth-order valence-corrected chi connectivity index (χ4v) is 4.30. The number of para-hydroxylation sites is 1. The number of benzene rings is 2. The number of phenols is 2. The van der Waals surface area contributed by atoms with E-state index >= 15 is 0 Å². The van der Waals surface area contributed by atoms with Gasteiger partial charge in [-0.3, -0.25) is 4.79 Å². The Hall–Kier alpha value is -1.53. The number of phenolic OH excluding ortho intramolecular Hbond substituents is 2. The predicted molar refractivity (Wildman–Crippen MR) is 126 cm³/mol. The first-order valence-electron chi connectivity index (χ1n) is 10.2. The van der Waals surface area contributed by atoms with E-state index in [0.717, 1.165) is 27.4 Å². The molecule has 6 heteroatoms. The van der Waals surface area contributed by atoms with Crippen LogP contribution in [0.2, 0.25) is 0 Å². The van der Waals surface area contributed by atoms with Crippen LogP contribution in [0.25, 0.3) is 0 Å². The van der Waals surface area contributed by atoms with Gasteiger partial charge in [-0.05, 0) is 58.6 Å². The van der Waals surface area contributed by atoms with Crippen molar-refractivity contribution < 1.29 is 15.0 Å². The molecule has 158 valence electrons. The molecule has 3 N–H and O–H groups in total. The molecule has 0 spiro atoms. The molecule has 2 aromatic rings. The number of amides is 1. The summed E-state index contributed by atoms with van der Waals surface area (Å²) in [6.45, 7) is 2.24. The van der Waals surface area contributed by atoms with E-state index in [0.29, 0.717) is 5.69 Å². The number of aromatic hydroxyl groups is 2. The molecule has 0 aromatic heterocycles. The van der Waals surface area contributed by atoms with E-state index in [9.17, 15) is 15.0 Å². The standard InChI is InChI=1S/C23H29Br2NO3/c1-2-3-4-5-6-7-8-9-11-16-14-17(24)15-19(21(16)25)26-23(29)18-12-10-13-20(27)22(18)28/h10,12-15,27-28H,2-9,11H2,1H3,(H,26,29). The van der Waals surface area contributed by atoms with Crippen molar-refractivity contribution in [2.24, 2.45) is 0 Å². The van der Waals surface area contributed by atoms with Crippen LogP contribution in [0.5, 0.6) is 11.5 Å². The minimum atomic E-state index is -0.477. The molecule has 0 aliphatic carbocycles. The normalized spacial score (nSPS) is 10.9. The second kappa shape index (κ2) is 12.2. The van der Waals surface area contributed by atoms with E-state index in [1.165, 1.54) is 63.1 Å². The summed E-state index contributed by atoms with van der Waals surface area (Å²) >= 11 is 7.13. The molecule has 0 saturated carbocycles. The fraction of sp³-hybridized carbons (Fsp3) is 0.435. The van der Waals surface area contributed by atoms with Crippen LogP contribution in [0, 0.1) is 0 Å². The van der Waals surface area contributed by atoms with Crippen molar-refractivity contribution in [1.29, 1.82) is 0 Å². The number of carbonyl (C=O) groups is 1. The molecule has 29 heavy (non-hydrogen) atoms. The highest BCUT2D eigenvalue weighted by molar-refractivity contribution is 9.11. The van der Waals surface area contributed by atoms with Gasteiger partial charge in [-0.25, -0.2) is 0 Å². The third kappa shape index (κ3) is 7.34. The van der Waals surface area contributed by atoms with Crippen LogP contribution in [0.3, 0.4) is 0 Å². The average molecular weight is 527 g/mol. The summed E-state index contributed by atoms with van der Waals surface area (Å²) in [6, 6.07) is 8.21. The molecule has 0 bridgehead atoms. The van der Waals surface area contributed by atoms with Crippen LogP contribution in [-0.2, 0) is 6.42 Å². The van der Waals surface area contributed by atoms with E-state index in [2.05, 4.69) is 50.2 Å². The zero-order valence-corrected chi connectivity index (χ0v) is 20.0. The van der Waals surface area contributed by atoms with Crippen LogP contribution in [0.4, 0.5) is 5.69 Å². The molecule has 0 unspecified atom stereocenters. The summed E-state index contributed by atoms with van der Waals surface area (Å²) in [7, 11) is 0. The first-order chi connectivity index (χ1) is 13.9. The van der Waals surface area contributed by atoms with Gasteiger partial charge in [-0.1, -0.05) is 73.9 Å². The van der Waals surface area contributed by atoms with E-state index < -0.39 is 11.7 Å². The number of rotatable bonds is 11. The Labute approximate surface area is 190 Å². The fourth-order valence-electron chi connectivity index (χ4n) is 3.27. The molecule has 0 aliphatic heterocycles. The molecule has 0 atom stereocenters. The van der Waals surface area contributed by atoms with Crippen LogP contribution in [0.15, 0.2) is 39.3 Å². The smallest absolute Gasteiger partial charge is 0.259 e. The highest BCUT2D eigenvalue weighted by atomic mass is 79.9. The third-order valence-corrected chi connectivity index (χ3v) is 6.31. The van der Waals surface area contributed by atoms with Gasteiger partial charge in [-0.15, -0.1) is 0 Å². The van der Waals surface area contributed by atoms with Crippen LogP contribution in [0.1, 0.15) is 74.2 Å². The van der Waals surface area contributed by atoms with Crippen molar-refractivity contribution in [2.75, 3.05) is 5.32 Å². The molecule has 0 radical (unpaired) electrons. The summed E-state index contributed by atoms with van der Waals surface area (Å²) < 4.78 is 1.72. The number of halogens is 2. The van der Waals surface area contributed by atoms with Gasteiger partial charge in [0, 0.05) is 8.95 Å². The topological polar surface area (TPSA) is 69.6 Å². The van der Waals surface area contributed by atoms with E-state index in [4.69, 9.17) is 0 Å². The molecule has 0 saturated heterocycles. The number of carbonyl (C=O) groups excluding carboxylic acids is 1. The number of hydrogen-bond donors (Lipinski definition) is 3. The van der Waals surface area contributed by atoms with Gasteiger partial charge in [0.2, 0.25) is 0 Å². The average Bonchev–Trinajstić information content (AvgIpc) is 2.69. The van der Waals surface area contributed by atoms with Crippen molar-refractivity contribution in [2.45, 2.75) is 64.7 Å². The van der Waals surface area contributed by atoms with Crippen molar-refractivity contribution >= 4 is 43.5 Å². The van der Waals surface area contributed by atoms with Gasteiger partial charge in [0.05, 0.1) is 11.3 Å². The first kappa shape index (κ1) is 23.7. The molecule has 2 rings (SSSR count). The predicted octanol–water partition coefficient (Wildman–Crippen LogP) is 7.56. The summed E-state index contributed by atoms with van der Waals surface area (Å²) in [5, 5.41) is 22.4. The van der Waals surface area contributed by atoms with Gasteiger partial charge >= 0.3 is 0 Å². The summed E-state index contributed by atoms with van der Waals surface area (Å²) in [5.41, 5.74) is 1.78. The Morgan fingerprint density at radius 1 is 0.966 bits per heavy atom. The molecule has 0 fully saturated rings. The monoisotopic (exact) mass is 525 g/mol. The van der Waals surface area contributed by atoms with E-state index in [1.807, 2.05) is 6.07 Å². The summed E-state index contributed by atoms with van der Waals surface area (Å²) in [6.07, 6.45) is 11.1. The highest BCUT2D eigenvalue weighted by Gasteiger charge is 2.16. The Kier molecular flexibility index (Phi) is 10.0. The van der Waals surface area contributed by atoms with Gasteiger partial charge in [0.25, 0.3) is 5.91 Å². The number of nitrogens with one attached hydrogen (secondary N) is 1. The lowest BCUT2D eigenvalue weighted by atomic mass is 10.0. The van der Waals surface area contributed by atoms with Crippen LogP contribution in [-0.4, -0.2) is 16.1 Å². The maximum absolute atomic E-state index is 12.6. The quantitative estimate of drug-likeness (QED) is 0.209. The molecular formula is C23H29Br2NO3. The lowest BCUT2D eigenvalue weighted by Crippen LogP contribution is -2.13. The minimum absolute atomic E-state index is 0.0292. The van der Waals surface area contributed by atoms with Gasteiger partial charge < -0.3 is 15.5 Å². The van der Waals surface area contributed by atoms with E-state index in [-0.39, 0.29) is 11.3 Å². The minimum Gasteiger partial charge on any atom is -0.504 e. The van der Waals surface area contributed by atoms with Crippen molar-refractivity contribution in [3.05, 3.63) is 50.4 Å². The zero-order chi connectivity index (χ0) is 21.2. The van der Waals surface area contributed by atoms with E-state index in [1.54, 1.807) is 0 Å². The Bertz CT molecular complexity index is 824. The number of unbranched alkanes of at least 4 members (excludes halogenated alkanes) is 7. The Morgan fingerprint density at radius 2 is 1.62 bits per heavy atom. The van der Waals surface area contributed by atoms with Crippen molar-refractivity contribution in [3.8, 4) is 11.5 Å².